The van der Waals surface area contributed by atoms with Gasteiger partial charge in [-0.2, -0.15) is 0 Å². The molecule has 30 heavy (non-hydrogen) atoms. The Morgan fingerprint density at radius 1 is 1.07 bits per heavy atom. The molecule has 1 N–H and O–H groups in total. The van der Waals surface area contributed by atoms with Crippen LogP contribution in [0.2, 0.25) is 0 Å². The van der Waals surface area contributed by atoms with E-state index in [1.807, 2.05) is 31.2 Å². The van der Waals surface area contributed by atoms with E-state index in [-0.39, 0.29) is 17.2 Å². The van der Waals surface area contributed by atoms with Crippen LogP contribution < -0.4 is 10.9 Å². The number of thioether (sulfide) groups is 1. The topological polar surface area (TPSA) is 64.0 Å². The molecule has 0 spiro atoms. The van der Waals surface area contributed by atoms with E-state index in [4.69, 9.17) is 0 Å². The maximum absolute atomic E-state index is 13.4. The predicted molar refractivity (Wildman–Crippen MR) is 118 cm³/mol. The van der Waals surface area contributed by atoms with Gasteiger partial charge in [-0.3, -0.25) is 14.2 Å². The molecule has 5 nitrogen and oxygen atoms in total. The van der Waals surface area contributed by atoms with Gasteiger partial charge < -0.3 is 5.32 Å². The van der Waals surface area contributed by atoms with E-state index in [1.54, 1.807) is 24.3 Å². The highest BCUT2D eigenvalue weighted by molar-refractivity contribution is 7.99. The quantitative estimate of drug-likeness (QED) is 0.380. The van der Waals surface area contributed by atoms with Crippen molar-refractivity contribution in [3.63, 3.8) is 0 Å². The number of carbonyl (C=O) groups is 1. The lowest BCUT2D eigenvalue weighted by atomic mass is 10.2. The van der Waals surface area contributed by atoms with Gasteiger partial charge in [0.15, 0.2) is 5.16 Å². The smallest absolute Gasteiger partial charge is 0.266 e. The summed E-state index contributed by atoms with van der Waals surface area (Å²) in [6.07, 6.45) is 0. The zero-order chi connectivity index (χ0) is 21.1. The van der Waals surface area contributed by atoms with Crippen molar-refractivity contribution in [2.24, 2.45) is 0 Å². The third-order valence-electron chi connectivity index (χ3n) is 4.46. The molecule has 1 heterocycles. The van der Waals surface area contributed by atoms with Crippen LogP contribution in [0.15, 0.2) is 82.7 Å². The van der Waals surface area contributed by atoms with E-state index in [0.29, 0.717) is 27.4 Å². The fraction of sp³-hybridized carbons (Fsp3) is 0.0870. The second-order valence-electron chi connectivity index (χ2n) is 6.73. The van der Waals surface area contributed by atoms with Crippen molar-refractivity contribution in [2.75, 3.05) is 11.1 Å². The van der Waals surface area contributed by atoms with Crippen LogP contribution in [-0.4, -0.2) is 21.2 Å². The summed E-state index contributed by atoms with van der Waals surface area (Å²) >= 11 is 1.15. The lowest BCUT2D eigenvalue weighted by Gasteiger charge is -2.13. The van der Waals surface area contributed by atoms with Gasteiger partial charge in [-0.05, 0) is 61.0 Å². The Hall–Kier alpha value is -3.45. The van der Waals surface area contributed by atoms with Gasteiger partial charge in [-0.25, -0.2) is 9.37 Å². The molecule has 0 atom stereocenters. The molecule has 0 aliphatic heterocycles. The molecule has 0 aliphatic rings. The van der Waals surface area contributed by atoms with E-state index in [1.165, 1.54) is 28.8 Å². The fourth-order valence-corrected chi connectivity index (χ4v) is 3.89. The Balaban J connectivity index is 1.67. The van der Waals surface area contributed by atoms with E-state index >= 15 is 0 Å². The van der Waals surface area contributed by atoms with Crippen molar-refractivity contribution in [3.05, 3.63) is 94.5 Å². The average molecular weight is 419 g/mol. The number of halogens is 1. The number of aryl methyl sites for hydroxylation is 1. The summed E-state index contributed by atoms with van der Waals surface area (Å²) in [6.45, 7) is 1.95. The Labute approximate surface area is 176 Å². The number of aromatic nitrogens is 2. The minimum Gasteiger partial charge on any atom is -0.325 e. The normalized spacial score (nSPS) is 10.9. The van der Waals surface area contributed by atoms with Crippen molar-refractivity contribution >= 4 is 34.3 Å². The number of para-hydroxylation sites is 1. The van der Waals surface area contributed by atoms with Crippen LogP contribution in [0.5, 0.6) is 0 Å². The van der Waals surface area contributed by atoms with Gasteiger partial charge in [-0.1, -0.05) is 36.0 Å². The highest BCUT2D eigenvalue weighted by Gasteiger charge is 2.15. The second kappa shape index (κ2) is 8.51. The van der Waals surface area contributed by atoms with E-state index in [0.717, 1.165) is 17.3 Å². The molecule has 0 saturated heterocycles. The molecule has 4 aromatic rings. The molecular weight excluding hydrogens is 401 g/mol. The zero-order valence-corrected chi connectivity index (χ0v) is 16.9. The molecule has 0 radical (unpaired) electrons. The zero-order valence-electron chi connectivity index (χ0n) is 16.1. The SMILES string of the molecule is Cc1cccc(NC(=O)CSc2nc3ccccc3c(=O)n2-c2ccc(F)cc2)c1. The highest BCUT2D eigenvalue weighted by Crippen LogP contribution is 2.22. The maximum Gasteiger partial charge on any atom is 0.266 e. The van der Waals surface area contributed by atoms with Gasteiger partial charge in [0.05, 0.1) is 22.3 Å². The molecule has 0 aliphatic carbocycles. The van der Waals surface area contributed by atoms with E-state index < -0.39 is 5.82 Å². The number of hydrogen-bond acceptors (Lipinski definition) is 4. The van der Waals surface area contributed by atoms with Crippen molar-refractivity contribution in [2.45, 2.75) is 12.1 Å². The van der Waals surface area contributed by atoms with Crippen molar-refractivity contribution in [3.8, 4) is 5.69 Å². The number of fused-ring (bicyclic) bond motifs is 1. The number of hydrogen-bond donors (Lipinski definition) is 1. The Bertz CT molecular complexity index is 1290. The summed E-state index contributed by atoms with van der Waals surface area (Å²) in [5, 5.41) is 3.67. The third kappa shape index (κ3) is 4.26. The molecule has 1 amide bonds. The van der Waals surface area contributed by atoms with Gasteiger partial charge in [0.2, 0.25) is 5.91 Å². The van der Waals surface area contributed by atoms with Crippen molar-refractivity contribution in [1.29, 1.82) is 0 Å². The van der Waals surface area contributed by atoms with Crippen molar-refractivity contribution < 1.29 is 9.18 Å². The van der Waals surface area contributed by atoms with Crippen molar-refractivity contribution in [1.82, 2.24) is 9.55 Å². The minimum atomic E-state index is -0.396. The molecule has 150 valence electrons. The number of benzene rings is 3. The molecule has 0 fully saturated rings. The van der Waals surface area contributed by atoms with Crippen LogP contribution in [0.4, 0.5) is 10.1 Å². The minimum absolute atomic E-state index is 0.0694. The second-order valence-corrected chi connectivity index (χ2v) is 7.68. The first-order valence-corrected chi connectivity index (χ1v) is 10.3. The number of carbonyl (C=O) groups excluding carboxylic acids is 1. The molecule has 0 bridgehead atoms. The Morgan fingerprint density at radius 2 is 1.83 bits per heavy atom. The summed E-state index contributed by atoms with van der Waals surface area (Å²) in [6, 6.07) is 20.1. The lowest BCUT2D eigenvalue weighted by molar-refractivity contribution is -0.113. The molecule has 4 rings (SSSR count). The highest BCUT2D eigenvalue weighted by atomic mass is 32.2. The molecule has 1 aromatic heterocycles. The van der Waals surface area contributed by atoms with Gasteiger partial charge in [0.25, 0.3) is 5.56 Å². The van der Waals surface area contributed by atoms with Crippen LogP contribution >= 0.6 is 11.8 Å². The summed E-state index contributed by atoms with van der Waals surface area (Å²) in [4.78, 5) is 30.1. The average Bonchev–Trinajstić information content (AvgIpc) is 2.73. The predicted octanol–water partition coefficient (Wildman–Crippen LogP) is 4.56. The fourth-order valence-electron chi connectivity index (χ4n) is 3.08. The standard InChI is InChI=1S/C23H18FN3O2S/c1-15-5-4-6-17(13-15)25-21(28)14-30-23-26-20-8-3-2-7-19(20)22(29)27(23)18-11-9-16(24)10-12-18/h2-13H,14H2,1H3,(H,25,28). The maximum atomic E-state index is 13.4. The van der Waals surface area contributed by atoms with E-state index in [2.05, 4.69) is 10.3 Å². The summed E-state index contributed by atoms with van der Waals surface area (Å²) in [5.74, 6) is -0.536. The van der Waals surface area contributed by atoms with Gasteiger partial charge in [-0.15, -0.1) is 0 Å². The van der Waals surface area contributed by atoms with Crippen LogP contribution in [0.3, 0.4) is 0 Å². The van der Waals surface area contributed by atoms with Gasteiger partial charge in [0.1, 0.15) is 5.82 Å². The summed E-state index contributed by atoms with van der Waals surface area (Å²) < 4.78 is 14.8. The number of rotatable bonds is 5. The van der Waals surface area contributed by atoms with Gasteiger partial charge >= 0.3 is 0 Å². The lowest BCUT2D eigenvalue weighted by Crippen LogP contribution is -2.23. The third-order valence-corrected chi connectivity index (χ3v) is 5.40. The molecule has 7 heteroatoms. The molecule has 0 unspecified atom stereocenters. The van der Waals surface area contributed by atoms with Crippen LogP contribution in [0.1, 0.15) is 5.56 Å². The van der Waals surface area contributed by atoms with Crippen LogP contribution in [0, 0.1) is 12.7 Å². The molecule has 3 aromatic carbocycles. The van der Waals surface area contributed by atoms with Crippen LogP contribution in [-0.2, 0) is 4.79 Å². The number of anilines is 1. The first-order valence-electron chi connectivity index (χ1n) is 9.28. The monoisotopic (exact) mass is 419 g/mol. The summed E-state index contributed by atoms with van der Waals surface area (Å²) in [5.41, 5.74) is 2.52. The number of amides is 1. The Morgan fingerprint density at radius 3 is 2.60 bits per heavy atom. The summed E-state index contributed by atoms with van der Waals surface area (Å²) in [7, 11) is 0. The Kier molecular flexibility index (Phi) is 5.63. The molecule has 0 saturated carbocycles. The number of nitrogens with zero attached hydrogens (tertiary/aromatic N) is 2. The van der Waals surface area contributed by atoms with Crippen LogP contribution in [0.25, 0.3) is 16.6 Å². The van der Waals surface area contributed by atoms with E-state index in [9.17, 15) is 14.0 Å². The van der Waals surface area contributed by atoms with Gasteiger partial charge in [0, 0.05) is 5.69 Å². The first kappa shape index (κ1) is 19.8. The molecular formula is C23H18FN3O2S. The first-order chi connectivity index (χ1) is 14.5. The largest absolute Gasteiger partial charge is 0.325 e. The number of nitrogens with one attached hydrogen (secondary N) is 1.